The second-order valence-electron chi connectivity index (χ2n) is 4.00. The first-order valence-corrected chi connectivity index (χ1v) is 6.56. The first-order valence-electron chi connectivity index (χ1n) is 5.51. The number of hydrogen-bond donors (Lipinski definition) is 0. The van der Waals surface area contributed by atoms with Crippen LogP contribution in [-0.2, 0) is 11.2 Å². The molecule has 0 N–H and O–H groups in total. The number of hydrogen-bond acceptors (Lipinski definition) is 5. The first kappa shape index (κ1) is 13.4. The van der Waals surface area contributed by atoms with Gasteiger partial charge in [0.15, 0.2) is 5.82 Å². The standard InChI is InChI=1S/C10H11F3N2O2S/c11-10(12,13)7(16)5-8-14-9(15-17-8)6-3-1-2-4-18-6/h6H,1-5H2. The number of alkyl halides is 3. The van der Waals surface area contributed by atoms with Gasteiger partial charge in [-0.3, -0.25) is 4.79 Å². The van der Waals surface area contributed by atoms with Gasteiger partial charge in [-0.1, -0.05) is 11.6 Å². The van der Waals surface area contributed by atoms with Crippen LogP contribution in [0.3, 0.4) is 0 Å². The van der Waals surface area contributed by atoms with Gasteiger partial charge in [0.2, 0.25) is 11.7 Å². The molecule has 8 heteroatoms. The maximum atomic E-state index is 12.1. The molecule has 0 aliphatic carbocycles. The summed E-state index contributed by atoms with van der Waals surface area (Å²) >= 11 is 1.66. The van der Waals surface area contributed by atoms with E-state index in [0.29, 0.717) is 5.82 Å². The fourth-order valence-corrected chi connectivity index (χ4v) is 2.89. The number of thioether (sulfide) groups is 1. The van der Waals surface area contributed by atoms with Gasteiger partial charge in [-0.05, 0) is 18.6 Å². The van der Waals surface area contributed by atoms with Gasteiger partial charge in [0.25, 0.3) is 0 Å². The highest BCUT2D eigenvalue weighted by Crippen LogP contribution is 2.36. The molecular formula is C10H11F3N2O2S. The van der Waals surface area contributed by atoms with E-state index in [9.17, 15) is 18.0 Å². The molecule has 0 amide bonds. The Kier molecular flexibility index (Phi) is 3.94. The minimum Gasteiger partial charge on any atom is -0.339 e. The van der Waals surface area contributed by atoms with Crippen LogP contribution < -0.4 is 0 Å². The maximum Gasteiger partial charge on any atom is 0.450 e. The van der Waals surface area contributed by atoms with Crippen LogP contribution in [0.2, 0.25) is 0 Å². The lowest BCUT2D eigenvalue weighted by molar-refractivity contribution is -0.170. The summed E-state index contributed by atoms with van der Waals surface area (Å²) in [5, 5.41) is 3.72. The molecule has 1 aliphatic heterocycles. The zero-order chi connectivity index (χ0) is 13.2. The van der Waals surface area contributed by atoms with Gasteiger partial charge in [-0.25, -0.2) is 0 Å². The number of carbonyl (C=O) groups is 1. The Balaban J connectivity index is 1.99. The Morgan fingerprint density at radius 2 is 2.22 bits per heavy atom. The quantitative estimate of drug-likeness (QED) is 0.852. The summed E-state index contributed by atoms with van der Waals surface area (Å²) in [5.74, 6) is -0.757. The van der Waals surface area contributed by atoms with E-state index in [1.807, 2.05) is 0 Å². The number of Topliss-reactive ketones (excluding diaryl/α,β-unsaturated/α-hetero) is 1. The van der Waals surface area contributed by atoms with Gasteiger partial charge in [-0.15, -0.1) is 0 Å². The third-order valence-corrected chi connectivity index (χ3v) is 3.95. The van der Waals surface area contributed by atoms with E-state index in [-0.39, 0.29) is 11.1 Å². The molecule has 0 saturated carbocycles. The SMILES string of the molecule is O=C(Cc1nc(C2CCCCS2)no1)C(F)(F)F. The molecule has 1 fully saturated rings. The summed E-state index contributed by atoms with van der Waals surface area (Å²) in [6, 6.07) is 0. The molecule has 1 aromatic heterocycles. The fraction of sp³-hybridized carbons (Fsp3) is 0.700. The molecule has 1 saturated heterocycles. The smallest absolute Gasteiger partial charge is 0.339 e. The van der Waals surface area contributed by atoms with E-state index < -0.39 is 18.4 Å². The van der Waals surface area contributed by atoms with Crippen molar-refractivity contribution in [2.24, 2.45) is 0 Å². The molecule has 2 rings (SSSR count). The summed E-state index contributed by atoms with van der Waals surface area (Å²) in [7, 11) is 0. The summed E-state index contributed by atoms with van der Waals surface area (Å²) < 4.78 is 40.8. The summed E-state index contributed by atoms with van der Waals surface area (Å²) in [4.78, 5) is 14.6. The number of aromatic nitrogens is 2. The Morgan fingerprint density at radius 3 is 2.83 bits per heavy atom. The lowest BCUT2D eigenvalue weighted by Gasteiger charge is -2.17. The Morgan fingerprint density at radius 1 is 1.44 bits per heavy atom. The molecule has 0 spiro atoms. The third kappa shape index (κ3) is 3.24. The van der Waals surface area contributed by atoms with Crippen molar-refractivity contribution in [2.45, 2.75) is 37.1 Å². The molecule has 1 unspecified atom stereocenters. The normalized spacial score (nSPS) is 20.9. The van der Waals surface area contributed by atoms with Gasteiger partial charge in [0, 0.05) is 0 Å². The molecule has 0 radical (unpaired) electrons. The van der Waals surface area contributed by atoms with E-state index >= 15 is 0 Å². The second kappa shape index (κ2) is 5.29. The number of carbonyl (C=O) groups excluding carboxylic acids is 1. The highest BCUT2D eigenvalue weighted by atomic mass is 32.2. The zero-order valence-corrected chi connectivity index (χ0v) is 10.2. The Bertz CT molecular complexity index is 427. The topological polar surface area (TPSA) is 56.0 Å². The molecule has 4 nitrogen and oxygen atoms in total. The van der Waals surface area contributed by atoms with E-state index in [0.717, 1.165) is 25.0 Å². The van der Waals surface area contributed by atoms with E-state index in [1.54, 1.807) is 11.8 Å². The van der Waals surface area contributed by atoms with Crippen molar-refractivity contribution in [1.82, 2.24) is 10.1 Å². The highest BCUT2D eigenvalue weighted by Gasteiger charge is 2.39. The molecule has 2 heterocycles. The minimum absolute atomic E-state index is 0.0669. The predicted octanol–water partition coefficient (Wildman–Crippen LogP) is 2.70. The predicted molar refractivity (Wildman–Crippen MR) is 58.1 cm³/mol. The molecule has 18 heavy (non-hydrogen) atoms. The monoisotopic (exact) mass is 280 g/mol. The summed E-state index contributed by atoms with van der Waals surface area (Å²) in [6.45, 7) is 0. The van der Waals surface area contributed by atoms with Crippen LogP contribution in [0.15, 0.2) is 4.52 Å². The van der Waals surface area contributed by atoms with Crippen molar-refractivity contribution in [3.05, 3.63) is 11.7 Å². The molecule has 0 bridgehead atoms. The van der Waals surface area contributed by atoms with Crippen LogP contribution in [0.5, 0.6) is 0 Å². The number of halogens is 3. The minimum atomic E-state index is -4.85. The van der Waals surface area contributed by atoms with Crippen LogP contribution >= 0.6 is 11.8 Å². The first-order chi connectivity index (χ1) is 8.47. The molecule has 1 aliphatic rings. The van der Waals surface area contributed by atoms with Crippen molar-refractivity contribution in [1.29, 1.82) is 0 Å². The zero-order valence-electron chi connectivity index (χ0n) is 9.37. The van der Waals surface area contributed by atoms with E-state index in [2.05, 4.69) is 14.7 Å². The summed E-state index contributed by atoms with van der Waals surface area (Å²) in [5.41, 5.74) is 0. The van der Waals surface area contributed by atoms with E-state index in [1.165, 1.54) is 0 Å². The van der Waals surface area contributed by atoms with Crippen LogP contribution in [0.4, 0.5) is 13.2 Å². The van der Waals surface area contributed by atoms with Crippen LogP contribution in [0.25, 0.3) is 0 Å². The van der Waals surface area contributed by atoms with Gasteiger partial charge < -0.3 is 4.52 Å². The molecule has 1 aromatic rings. The molecule has 1 atom stereocenters. The third-order valence-electron chi connectivity index (χ3n) is 2.58. The second-order valence-corrected chi connectivity index (χ2v) is 5.31. The fourth-order valence-electron chi connectivity index (χ4n) is 1.65. The van der Waals surface area contributed by atoms with Crippen molar-refractivity contribution in [3.63, 3.8) is 0 Å². The number of nitrogens with zero attached hydrogens (tertiary/aromatic N) is 2. The highest BCUT2D eigenvalue weighted by molar-refractivity contribution is 7.99. The summed E-state index contributed by atoms with van der Waals surface area (Å²) in [6.07, 6.45) is -2.68. The maximum absolute atomic E-state index is 12.1. The van der Waals surface area contributed by atoms with E-state index in [4.69, 9.17) is 0 Å². The molecule has 100 valence electrons. The largest absolute Gasteiger partial charge is 0.450 e. The van der Waals surface area contributed by atoms with Crippen molar-refractivity contribution < 1.29 is 22.5 Å². The average Bonchev–Trinajstić information content (AvgIpc) is 2.77. The van der Waals surface area contributed by atoms with Crippen molar-refractivity contribution in [3.8, 4) is 0 Å². The van der Waals surface area contributed by atoms with Gasteiger partial charge in [0.1, 0.15) is 0 Å². The lowest BCUT2D eigenvalue weighted by Crippen LogP contribution is -2.24. The van der Waals surface area contributed by atoms with Gasteiger partial charge in [-0.2, -0.15) is 29.9 Å². The van der Waals surface area contributed by atoms with Gasteiger partial charge >= 0.3 is 6.18 Å². The van der Waals surface area contributed by atoms with Gasteiger partial charge in [0.05, 0.1) is 11.7 Å². The number of rotatable bonds is 3. The van der Waals surface area contributed by atoms with Crippen LogP contribution in [0, 0.1) is 0 Å². The Labute approximate surface area is 105 Å². The molecular weight excluding hydrogens is 269 g/mol. The van der Waals surface area contributed by atoms with Crippen molar-refractivity contribution in [2.75, 3.05) is 5.75 Å². The van der Waals surface area contributed by atoms with Crippen LogP contribution in [0.1, 0.15) is 36.2 Å². The van der Waals surface area contributed by atoms with Crippen molar-refractivity contribution >= 4 is 17.5 Å². The average molecular weight is 280 g/mol. The Hall–Kier alpha value is -1.05. The lowest BCUT2D eigenvalue weighted by atomic mass is 10.2. The number of ketones is 1. The van der Waals surface area contributed by atoms with Crippen LogP contribution in [-0.4, -0.2) is 27.9 Å². The molecule has 0 aromatic carbocycles.